The molecule has 0 radical (unpaired) electrons. The molecule has 3 aromatic carbocycles. The zero-order valence-electron chi connectivity index (χ0n) is 20.4. The van der Waals surface area contributed by atoms with Gasteiger partial charge in [0.15, 0.2) is 11.5 Å². The smallest absolute Gasteiger partial charge is 0.271 e. The van der Waals surface area contributed by atoms with Crippen LogP contribution >= 0.6 is 0 Å². The monoisotopic (exact) mass is 446 g/mol. The maximum atomic E-state index is 11.9. The Hall–Kier alpha value is -3.21. The van der Waals surface area contributed by atoms with E-state index < -0.39 is 0 Å². The third-order valence-electron chi connectivity index (χ3n) is 4.79. The highest BCUT2D eigenvalue weighted by Gasteiger charge is 2.17. The molecule has 0 aliphatic heterocycles. The van der Waals surface area contributed by atoms with Crippen molar-refractivity contribution >= 4 is 12.6 Å². The summed E-state index contributed by atoms with van der Waals surface area (Å²) in [6.45, 7) is 10.4. The van der Waals surface area contributed by atoms with E-state index in [-0.39, 0.29) is 18.7 Å². The molecule has 0 aliphatic rings. The van der Waals surface area contributed by atoms with E-state index >= 15 is 0 Å². The lowest BCUT2D eigenvalue weighted by atomic mass is 9.55. The molecule has 3 rings (SSSR count). The van der Waals surface area contributed by atoms with Gasteiger partial charge in [0.05, 0.1) is 0 Å². The molecule has 0 aliphatic carbocycles. The van der Waals surface area contributed by atoms with Crippen molar-refractivity contribution in [1.29, 1.82) is 0 Å². The summed E-state index contributed by atoms with van der Waals surface area (Å²) in [5.41, 5.74) is 3.20. The lowest BCUT2D eigenvalue weighted by Crippen LogP contribution is -2.25. The molecular weight excluding hydrogens is 411 g/mol. The summed E-state index contributed by atoms with van der Waals surface area (Å²) < 4.78 is 17.7. The molecule has 0 spiro atoms. The van der Waals surface area contributed by atoms with Crippen LogP contribution in [0.2, 0.25) is 13.6 Å². The molecule has 4 nitrogen and oxygen atoms in total. The van der Waals surface area contributed by atoms with Crippen molar-refractivity contribution in [2.24, 2.45) is 0 Å². The van der Waals surface area contributed by atoms with Crippen molar-refractivity contribution in [2.75, 3.05) is 0 Å². The minimum Gasteiger partial charge on any atom is -0.485 e. The Morgan fingerprint density at radius 1 is 0.758 bits per heavy atom. The largest absolute Gasteiger partial charge is 0.485 e. The second-order valence-electron chi connectivity index (χ2n) is 7.94. The second-order valence-corrected chi connectivity index (χ2v) is 7.94. The number of hydrogen-bond donors (Lipinski definition) is 0. The Kier molecular flexibility index (Phi) is 11.1. The Bertz CT molecular complexity index is 958. The molecule has 0 bridgehead atoms. The third-order valence-corrected chi connectivity index (χ3v) is 4.79. The minimum absolute atomic E-state index is 0.138. The first-order valence-electron chi connectivity index (χ1n) is 11.7. The summed E-state index contributed by atoms with van der Waals surface area (Å²) in [6, 6.07) is 26.0. The van der Waals surface area contributed by atoms with Gasteiger partial charge in [-0.3, -0.25) is 4.79 Å². The topological polar surface area (TPSA) is 44.8 Å². The fraction of sp³-hybridized carbons (Fsp3) is 0.321. The van der Waals surface area contributed by atoms with Gasteiger partial charge in [0.25, 0.3) is 12.6 Å². The average molecular weight is 446 g/mol. The molecule has 0 heterocycles. The van der Waals surface area contributed by atoms with Gasteiger partial charge in [-0.15, -0.1) is 0 Å². The molecule has 0 amide bonds. The maximum absolute atomic E-state index is 11.9. The van der Waals surface area contributed by atoms with E-state index in [9.17, 15) is 4.79 Å². The van der Waals surface area contributed by atoms with Crippen LogP contribution in [0.25, 0.3) is 0 Å². The fourth-order valence-corrected chi connectivity index (χ4v) is 3.09. The van der Waals surface area contributed by atoms with Crippen LogP contribution in [0.5, 0.6) is 11.5 Å². The highest BCUT2D eigenvalue weighted by molar-refractivity contribution is 6.86. The SMILES string of the molecule is CB(C)C(=O)OC(C)Cc1ccc(OCc2ccccc2)c(OCc2ccccc2)c1.CC. The minimum atomic E-state index is -0.215. The molecule has 0 N–H and O–H groups in total. The Morgan fingerprint density at radius 2 is 1.27 bits per heavy atom. The first-order chi connectivity index (χ1) is 16.0. The van der Waals surface area contributed by atoms with Crippen molar-refractivity contribution in [3.8, 4) is 11.5 Å². The molecular formula is C28H35BO4. The van der Waals surface area contributed by atoms with E-state index in [4.69, 9.17) is 14.2 Å². The van der Waals surface area contributed by atoms with Crippen molar-refractivity contribution < 1.29 is 19.0 Å². The van der Waals surface area contributed by atoms with E-state index in [0.29, 0.717) is 31.1 Å². The number of benzene rings is 3. The van der Waals surface area contributed by atoms with Crippen LogP contribution in [0.4, 0.5) is 4.79 Å². The molecule has 1 unspecified atom stereocenters. The van der Waals surface area contributed by atoms with E-state index in [0.717, 1.165) is 16.7 Å². The zero-order valence-corrected chi connectivity index (χ0v) is 20.4. The molecule has 33 heavy (non-hydrogen) atoms. The molecule has 1 atom stereocenters. The van der Waals surface area contributed by atoms with Crippen LogP contribution in [0, 0.1) is 0 Å². The number of ether oxygens (including phenoxy) is 3. The normalized spacial score (nSPS) is 10.9. The average Bonchev–Trinajstić information content (AvgIpc) is 2.84. The summed E-state index contributed by atoms with van der Waals surface area (Å²) in [5.74, 6) is 1.19. The predicted molar refractivity (Wildman–Crippen MR) is 136 cm³/mol. The van der Waals surface area contributed by atoms with Gasteiger partial charge in [-0.05, 0) is 35.7 Å². The van der Waals surface area contributed by atoms with Crippen molar-refractivity contribution in [3.63, 3.8) is 0 Å². The molecule has 5 heteroatoms. The Balaban J connectivity index is 0.00000187. The van der Waals surface area contributed by atoms with Gasteiger partial charge in [-0.25, -0.2) is 0 Å². The van der Waals surface area contributed by atoms with E-state index in [1.807, 2.05) is 113 Å². The number of rotatable bonds is 10. The van der Waals surface area contributed by atoms with Gasteiger partial charge in [0, 0.05) is 6.42 Å². The number of carbonyl (C=O) groups excluding carboxylic acids is 1. The molecule has 3 aromatic rings. The van der Waals surface area contributed by atoms with Crippen molar-refractivity contribution in [1.82, 2.24) is 0 Å². The second kappa shape index (κ2) is 14.0. The van der Waals surface area contributed by atoms with Crippen LogP contribution < -0.4 is 9.47 Å². The van der Waals surface area contributed by atoms with E-state index in [1.165, 1.54) is 0 Å². The Labute approximate surface area is 199 Å². The van der Waals surface area contributed by atoms with Crippen LogP contribution in [0.3, 0.4) is 0 Å². The van der Waals surface area contributed by atoms with E-state index in [1.54, 1.807) is 0 Å². The lowest BCUT2D eigenvalue weighted by molar-refractivity contribution is 0.130. The van der Waals surface area contributed by atoms with Crippen LogP contribution in [0.1, 0.15) is 37.5 Å². The summed E-state index contributed by atoms with van der Waals surface area (Å²) >= 11 is 0. The van der Waals surface area contributed by atoms with Gasteiger partial charge >= 0.3 is 0 Å². The highest BCUT2D eigenvalue weighted by Crippen LogP contribution is 2.31. The first kappa shape index (κ1) is 26.1. The molecule has 0 saturated carbocycles. The van der Waals surface area contributed by atoms with Gasteiger partial charge in [-0.2, -0.15) is 0 Å². The number of hydrogen-bond acceptors (Lipinski definition) is 4. The molecule has 0 fully saturated rings. The quantitative estimate of drug-likeness (QED) is 0.307. The molecule has 174 valence electrons. The van der Waals surface area contributed by atoms with Gasteiger partial charge in [0.1, 0.15) is 19.3 Å². The van der Waals surface area contributed by atoms with Crippen molar-refractivity contribution in [2.45, 2.75) is 60.2 Å². The third kappa shape index (κ3) is 9.05. The zero-order chi connectivity index (χ0) is 24.1. The summed E-state index contributed by atoms with van der Waals surface area (Å²) in [4.78, 5) is 11.9. The maximum Gasteiger partial charge on any atom is 0.271 e. The van der Waals surface area contributed by atoms with Crippen LogP contribution in [0.15, 0.2) is 78.9 Å². The van der Waals surface area contributed by atoms with Crippen LogP contribution in [-0.2, 0) is 24.4 Å². The Morgan fingerprint density at radius 3 is 1.79 bits per heavy atom. The molecule has 0 aromatic heterocycles. The van der Waals surface area contributed by atoms with Crippen molar-refractivity contribution in [3.05, 3.63) is 95.6 Å². The predicted octanol–water partition coefficient (Wildman–Crippen LogP) is 7.27. The lowest BCUT2D eigenvalue weighted by Gasteiger charge is -2.17. The van der Waals surface area contributed by atoms with E-state index in [2.05, 4.69) is 0 Å². The standard InChI is InChI=1S/C26H29BO4.C2H6/c1-20(31-26(28)27(2)3)16-23-14-15-24(29-18-21-10-6-4-7-11-21)25(17-23)30-19-22-12-8-5-9-13-22;1-2/h4-15,17,20H,16,18-19H2,1-3H3;1-2H3. The summed E-state index contributed by atoms with van der Waals surface area (Å²) in [5, 5.41) is 0. The molecule has 0 saturated heterocycles. The summed E-state index contributed by atoms with van der Waals surface area (Å²) in [6.07, 6.45) is 0.395. The fourth-order valence-electron chi connectivity index (χ4n) is 3.09. The van der Waals surface area contributed by atoms with Gasteiger partial charge in [0.2, 0.25) is 0 Å². The highest BCUT2D eigenvalue weighted by atomic mass is 16.5. The van der Waals surface area contributed by atoms with Gasteiger partial charge in [-0.1, -0.05) is 94.2 Å². The number of carbonyl (C=O) groups is 1. The first-order valence-corrected chi connectivity index (χ1v) is 11.7. The summed E-state index contributed by atoms with van der Waals surface area (Å²) in [7, 11) is 0. The van der Waals surface area contributed by atoms with Gasteiger partial charge < -0.3 is 14.2 Å². The van der Waals surface area contributed by atoms with Crippen LogP contribution in [-0.4, -0.2) is 18.7 Å².